The topological polar surface area (TPSA) is 45.2 Å². The van der Waals surface area contributed by atoms with E-state index in [1.807, 2.05) is 36.7 Å². The standard InChI is InChI=1S/C18H20ClN3OS/c1-24-14-5-6-16(19)15(10-14)18(23)21-12-13-4-7-17(20-11-13)22-8-2-3-9-22/h4-7,10-11H,2-3,8-9,12H2,1H3,(H,21,23). The average Bonchev–Trinajstić information content (AvgIpc) is 3.15. The Labute approximate surface area is 151 Å². The molecule has 3 rings (SSSR count). The minimum absolute atomic E-state index is 0.167. The number of anilines is 1. The van der Waals surface area contributed by atoms with Crippen LogP contribution in [0.4, 0.5) is 5.82 Å². The summed E-state index contributed by atoms with van der Waals surface area (Å²) in [7, 11) is 0. The highest BCUT2D eigenvalue weighted by atomic mass is 35.5. The minimum Gasteiger partial charge on any atom is -0.357 e. The lowest BCUT2D eigenvalue weighted by Crippen LogP contribution is -2.23. The predicted octanol–water partition coefficient (Wildman–Crippen LogP) is 3.99. The summed E-state index contributed by atoms with van der Waals surface area (Å²) in [6, 6.07) is 9.52. The molecule has 1 amide bonds. The van der Waals surface area contributed by atoms with E-state index in [4.69, 9.17) is 11.6 Å². The van der Waals surface area contributed by atoms with Crippen LogP contribution in [0, 0.1) is 0 Å². The van der Waals surface area contributed by atoms with E-state index in [1.165, 1.54) is 12.8 Å². The molecule has 0 atom stereocenters. The minimum atomic E-state index is -0.167. The monoisotopic (exact) mass is 361 g/mol. The van der Waals surface area contributed by atoms with Crippen LogP contribution in [0.5, 0.6) is 0 Å². The number of nitrogens with zero attached hydrogens (tertiary/aromatic N) is 2. The van der Waals surface area contributed by atoms with Gasteiger partial charge in [-0.1, -0.05) is 17.7 Å². The van der Waals surface area contributed by atoms with Crippen molar-refractivity contribution in [3.05, 3.63) is 52.7 Å². The van der Waals surface area contributed by atoms with Crippen molar-refractivity contribution >= 4 is 35.1 Å². The highest BCUT2D eigenvalue weighted by molar-refractivity contribution is 7.98. The van der Waals surface area contributed by atoms with E-state index in [-0.39, 0.29) is 5.91 Å². The third-order valence-corrected chi connectivity index (χ3v) is 5.17. The van der Waals surface area contributed by atoms with E-state index in [0.29, 0.717) is 17.1 Å². The number of hydrogen-bond donors (Lipinski definition) is 1. The molecular formula is C18H20ClN3OS. The fourth-order valence-corrected chi connectivity index (χ4v) is 3.38. The van der Waals surface area contributed by atoms with Crippen LogP contribution >= 0.6 is 23.4 Å². The molecule has 4 nitrogen and oxygen atoms in total. The van der Waals surface area contributed by atoms with Crippen LogP contribution in [-0.2, 0) is 6.54 Å². The zero-order valence-corrected chi connectivity index (χ0v) is 15.2. The Hall–Kier alpha value is -1.72. The summed E-state index contributed by atoms with van der Waals surface area (Å²) in [5.74, 6) is 0.845. The summed E-state index contributed by atoms with van der Waals surface area (Å²) in [5, 5.41) is 3.38. The molecule has 1 aromatic heterocycles. The van der Waals surface area contributed by atoms with E-state index >= 15 is 0 Å². The van der Waals surface area contributed by atoms with Gasteiger partial charge in [0.15, 0.2) is 0 Å². The van der Waals surface area contributed by atoms with Crippen molar-refractivity contribution in [3.8, 4) is 0 Å². The summed E-state index contributed by atoms with van der Waals surface area (Å²) < 4.78 is 0. The van der Waals surface area contributed by atoms with E-state index < -0.39 is 0 Å². The maximum atomic E-state index is 12.3. The van der Waals surface area contributed by atoms with Gasteiger partial charge in [-0.3, -0.25) is 4.79 Å². The smallest absolute Gasteiger partial charge is 0.253 e. The number of benzene rings is 1. The normalized spacial score (nSPS) is 14.0. The van der Waals surface area contributed by atoms with Crippen molar-refractivity contribution in [2.75, 3.05) is 24.2 Å². The fraction of sp³-hybridized carbons (Fsp3) is 0.333. The second-order valence-electron chi connectivity index (χ2n) is 5.75. The van der Waals surface area contributed by atoms with Gasteiger partial charge in [0.1, 0.15) is 5.82 Å². The molecule has 0 unspecified atom stereocenters. The molecule has 1 saturated heterocycles. The number of nitrogens with one attached hydrogen (secondary N) is 1. The highest BCUT2D eigenvalue weighted by Crippen LogP contribution is 2.23. The van der Waals surface area contributed by atoms with E-state index in [2.05, 4.69) is 15.2 Å². The third-order valence-electron chi connectivity index (χ3n) is 4.11. The van der Waals surface area contributed by atoms with Crippen LogP contribution in [0.1, 0.15) is 28.8 Å². The van der Waals surface area contributed by atoms with Crippen molar-refractivity contribution in [2.24, 2.45) is 0 Å². The zero-order valence-electron chi connectivity index (χ0n) is 13.6. The molecule has 1 aliphatic heterocycles. The molecule has 24 heavy (non-hydrogen) atoms. The SMILES string of the molecule is CSc1ccc(Cl)c(C(=O)NCc2ccc(N3CCCC3)nc2)c1. The number of pyridine rings is 1. The van der Waals surface area contributed by atoms with Crippen LogP contribution in [-0.4, -0.2) is 30.2 Å². The summed E-state index contributed by atoms with van der Waals surface area (Å²) in [4.78, 5) is 20.2. The van der Waals surface area contributed by atoms with Crippen molar-refractivity contribution < 1.29 is 4.79 Å². The molecule has 2 heterocycles. The maximum Gasteiger partial charge on any atom is 0.253 e. The number of rotatable bonds is 5. The highest BCUT2D eigenvalue weighted by Gasteiger charge is 2.14. The first-order valence-electron chi connectivity index (χ1n) is 7.99. The Bertz CT molecular complexity index is 715. The first-order valence-corrected chi connectivity index (χ1v) is 9.59. The Morgan fingerprint density at radius 2 is 2.08 bits per heavy atom. The van der Waals surface area contributed by atoms with E-state index in [0.717, 1.165) is 29.4 Å². The van der Waals surface area contributed by atoms with E-state index in [1.54, 1.807) is 17.8 Å². The number of carbonyl (C=O) groups excluding carboxylic acids is 1. The maximum absolute atomic E-state index is 12.3. The van der Waals surface area contributed by atoms with Gasteiger partial charge in [-0.05, 0) is 48.9 Å². The Morgan fingerprint density at radius 3 is 2.75 bits per heavy atom. The Kier molecular flexibility index (Phi) is 5.63. The van der Waals surface area contributed by atoms with Crippen molar-refractivity contribution in [1.29, 1.82) is 0 Å². The van der Waals surface area contributed by atoms with Crippen molar-refractivity contribution in [3.63, 3.8) is 0 Å². The molecule has 2 aromatic rings. The molecule has 0 bridgehead atoms. The summed E-state index contributed by atoms with van der Waals surface area (Å²) >= 11 is 7.72. The molecule has 1 aliphatic rings. The summed E-state index contributed by atoms with van der Waals surface area (Å²) in [5.41, 5.74) is 1.48. The lowest BCUT2D eigenvalue weighted by atomic mass is 10.2. The first kappa shape index (κ1) is 17.1. The van der Waals surface area contributed by atoms with Crippen LogP contribution in [0.25, 0.3) is 0 Å². The summed E-state index contributed by atoms with van der Waals surface area (Å²) in [6.45, 7) is 2.59. The largest absolute Gasteiger partial charge is 0.357 e. The van der Waals surface area contributed by atoms with Crippen LogP contribution < -0.4 is 10.2 Å². The Balaban J connectivity index is 1.61. The second kappa shape index (κ2) is 7.90. The molecule has 0 aliphatic carbocycles. The molecule has 0 saturated carbocycles. The number of carbonyl (C=O) groups is 1. The molecular weight excluding hydrogens is 342 g/mol. The molecule has 0 spiro atoms. The first-order chi connectivity index (χ1) is 11.7. The van der Waals surface area contributed by atoms with Gasteiger partial charge in [0.05, 0.1) is 10.6 Å². The van der Waals surface area contributed by atoms with Gasteiger partial charge in [0.2, 0.25) is 0 Å². The molecule has 0 radical (unpaired) electrons. The fourth-order valence-electron chi connectivity index (χ4n) is 2.74. The number of thioether (sulfide) groups is 1. The zero-order chi connectivity index (χ0) is 16.9. The Morgan fingerprint density at radius 1 is 1.29 bits per heavy atom. The van der Waals surface area contributed by atoms with Gasteiger partial charge in [-0.15, -0.1) is 11.8 Å². The van der Waals surface area contributed by atoms with Gasteiger partial charge in [0, 0.05) is 30.7 Å². The van der Waals surface area contributed by atoms with Gasteiger partial charge < -0.3 is 10.2 Å². The number of aromatic nitrogens is 1. The lowest BCUT2D eigenvalue weighted by Gasteiger charge is -2.16. The molecule has 1 aromatic carbocycles. The second-order valence-corrected chi connectivity index (χ2v) is 7.03. The molecule has 1 fully saturated rings. The van der Waals surface area contributed by atoms with E-state index in [9.17, 15) is 4.79 Å². The molecule has 126 valence electrons. The number of halogens is 1. The number of hydrogen-bond acceptors (Lipinski definition) is 4. The predicted molar refractivity (Wildman–Crippen MR) is 100 cm³/mol. The van der Waals surface area contributed by atoms with Gasteiger partial charge in [0.25, 0.3) is 5.91 Å². The molecule has 1 N–H and O–H groups in total. The van der Waals surface area contributed by atoms with Gasteiger partial charge in [-0.2, -0.15) is 0 Å². The number of amides is 1. The quantitative estimate of drug-likeness (QED) is 0.818. The third kappa shape index (κ3) is 4.02. The van der Waals surface area contributed by atoms with Crippen LogP contribution in [0.2, 0.25) is 5.02 Å². The van der Waals surface area contributed by atoms with Gasteiger partial charge >= 0.3 is 0 Å². The van der Waals surface area contributed by atoms with Crippen molar-refractivity contribution in [1.82, 2.24) is 10.3 Å². The van der Waals surface area contributed by atoms with Crippen molar-refractivity contribution in [2.45, 2.75) is 24.3 Å². The van der Waals surface area contributed by atoms with Gasteiger partial charge in [-0.25, -0.2) is 4.98 Å². The lowest BCUT2D eigenvalue weighted by molar-refractivity contribution is 0.0951. The van der Waals surface area contributed by atoms with Crippen LogP contribution in [0.15, 0.2) is 41.4 Å². The molecule has 6 heteroatoms. The summed E-state index contributed by atoms with van der Waals surface area (Å²) in [6.07, 6.45) is 6.26. The van der Waals surface area contributed by atoms with Crippen LogP contribution in [0.3, 0.4) is 0 Å². The average molecular weight is 362 g/mol.